The van der Waals surface area contributed by atoms with Crippen molar-refractivity contribution in [2.24, 2.45) is 0 Å². The molecule has 1 aromatic rings. The molecule has 92 valence electrons. The molecule has 1 saturated carbocycles. The van der Waals surface area contributed by atoms with E-state index in [2.05, 4.69) is 6.08 Å². The van der Waals surface area contributed by atoms with Crippen LogP contribution in [0.4, 0.5) is 10.2 Å². The average molecular weight is 235 g/mol. The first kappa shape index (κ1) is 12.1. The normalized spacial score (nSPS) is 14.4. The zero-order valence-electron chi connectivity index (χ0n) is 10.2. The van der Waals surface area contributed by atoms with Crippen molar-refractivity contribution in [2.45, 2.75) is 25.7 Å². The molecule has 0 aromatic heterocycles. The first-order valence-corrected chi connectivity index (χ1v) is 5.98. The van der Waals surface area contributed by atoms with E-state index in [1.165, 1.54) is 31.9 Å². The molecule has 1 aliphatic carbocycles. The van der Waals surface area contributed by atoms with Crippen LogP contribution in [0.1, 0.15) is 24.8 Å². The number of hydrogen-bond acceptors (Lipinski definition) is 2. The molecular formula is C14H18FNO. The Morgan fingerprint density at radius 2 is 2.00 bits per heavy atom. The SMILES string of the molecule is COCN(F)c1ccc(CC=C2CCC2)cc1. The molecule has 2 rings (SSSR count). The summed E-state index contributed by atoms with van der Waals surface area (Å²) in [5.41, 5.74) is 3.31. The van der Waals surface area contributed by atoms with Gasteiger partial charge in [-0.2, -0.15) is 5.12 Å². The van der Waals surface area contributed by atoms with E-state index in [4.69, 9.17) is 4.74 Å². The van der Waals surface area contributed by atoms with Gasteiger partial charge in [0.25, 0.3) is 0 Å². The van der Waals surface area contributed by atoms with Crippen molar-refractivity contribution >= 4 is 5.69 Å². The van der Waals surface area contributed by atoms with E-state index >= 15 is 0 Å². The Kier molecular flexibility index (Phi) is 4.15. The van der Waals surface area contributed by atoms with Crippen molar-refractivity contribution in [1.29, 1.82) is 0 Å². The molecule has 0 saturated heterocycles. The maximum absolute atomic E-state index is 13.3. The predicted molar refractivity (Wildman–Crippen MR) is 67.5 cm³/mol. The van der Waals surface area contributed by atoms with Gasteiger partial charge < -0.3 is 4.74 Å². The van der Waals surface area contributed by atoms with Gasteiger partial charge in [-0.25, -0.2) is 0 Å². The van der Waals surface area contributed by atoms with Gasteiger partial charge >= 0.3 is 0 Å². The van der Waals surface area contributed by atoms with E-state index in [0.717, 1.165) is 6.42 Å². The van der Waals surface area contributed by atoms with Gasteiger partial charge in [-0.15, -0.1) is 0 Å². The van der Waals surface area contributed by atoms with Gasteiger partial charge in [0.05, 0.1) is 5.69 Å². The number of hydrogen-bond donors (Lipinski definition) is 0. The van der Waals surface area contributed by atoms with Gasteiger partial charge in [0.15, 0.2) is 0 Å². The van der Waals surface area contributed by atoms with Crippen LogP contribution in [0.25, 0.3) is 0 Å². The minimum atomic E-state index is -0.0383. The fourth-order valence-corrected chi connectivity index (χ4v) is 1.83. The maximum atomic E-state index is 13.3. The molecule has 0 bridgehead atoms. The van der Waals surface area contributed by atoms with E-state index < -0.39 is 0 Å². The lowest BCUT2D eigenvalue weighted by atomic mass is 9.91. The minimum absolute atomic E-state index is 0.0383. The fourth-order valence-electron chi connectivity index (χ4n) is 1.83. The Labute approximate surface area is 102 Å². The third kappa shape index (κ3) is 3.30. The van der Waals surface area contributed by atoms with Crippen LogP contribution in [0.15, 0.2) is 35.9 Å². The lowest BCUT2D eigenvalue weighted by Crippen LogP contribution is -2.14. The summed E-state index contributed by atoms with van der Waals surface area (Å²) in [6, 6.07) is 7.50. The first-order chi connectivity index (χ1) is 8.29. The number of anilines is 1. The zero-order chi connectivity index (χ0) is 12.1. The van der Waals surface area contributed by atoms with Gasteiger partial charge in [0.1, 0.15) is 6.73 Å². The summed E-state index contributed by atoms with van der Waals surface area (Å²) >= 11 is 0. The van der Waals surface area contributed by atoms with Gasteiger partial charge in [-0.1, -0.05) is 28.3 Å². The van der Waals surface area contributed by atoms with Crippen LogP contribution in [-0.2, 0) is 11.2 Å². The van der Waals surface area contributed by atoms with Gasteiger partial charge in [0, 0.05) is 7.11 Å². The lowest BCUT2D eigenvalue weighted by molar-refractivity contribution is 0.157. The number of rotatable bonds is 5. The molecule has 1 fully saturated rings. The van der Waals surface area contributed by atoms with Crippen molar-refractivity contribution in [3.8, 4) is 0 Å². The van der Waals surface area contributed by atoms with Crippen molar-refractivity contribution in [3.63, 3.8) is 0 Å². The van der Waals surface area contributed by atoms with Crippen molar-refractivity contribution in [1.82, 2.24) is 0 Å². The van der Waals surface area contributed by atoms with Crippen LogP contribution in [0.3, 0.4) is 0 Å². The Balaban J connectivity index is 1.92. The van der Waals surface area contributed by atoms with Crippen LogP contribution in [0, 0.1) is 0 Å². The van der Waals surface area contributed by atoms with Crippen molar-refractivity contribution in [3.05, 3.63) is 41.5 Å². The molecule has 2 nitrogen and oxygen atoms in total. The highest BCUT2D eigenvalue weighted by Crippen LogP contribution is 2.25. The molecule has 0 aliphatic heterocycles. The molecule has 0 atom stereocenters. The topological polar surface area (TPSA) is 12.5 Å². The van der Waals surface area contributed by atoms with Crippen molar-refractivity contribution in [2.75, 3.05) is 19.0 Å². The summed E-state index contributed by atoms with van der Waals surface area (Å²) in [5, 5.41) is 0.591. The molecule has 3 heteroatoms. The molecule has 0 N–H and O–H groups in total. The van der Waals surface area contributed by atoms with Crippen LogP contribution < -0.4 is 5.12 Å². The molecule has 0 amide bonds. The van der Waals surface area contributed by atoms with Crippen LogP contribution in [0.2, 0.25) is 0 Å². The third-order valence-electron chi connectivity index (χ3n) is 3.08. The number of methoxy groups -OCH3 is 1. The second-order valence-electron chi connectivity index (χ2n) is 4.37. The van der Waals surface area contributed by atoms with E-state index in [0.29, 0.717) is 10.8 Å². The van der Waals surface area contributed by atoms with Crippen LogP contribution in [0.5, 0.6) is 0 Å². The van der Waals surface area contributed by atoms with Crippen LogP contribution in [-0.4, -0.2) is 13.8 Å². The second kappa shape index (κ2) is 5.82. The van der Waals surface area contributed by atoms with E-state index in [-0.39, 0.29) is 6.73 Å². The number of nitrogens with zero attached hydrogens (tertiary/aromatic N) is 1. The molecule has 17 heavy (non-hydrogen) atoms. The quantitative estimate of drug-likeness (QED) is 0.439. The van der Waals surface area contributed by atoms with Crippen molar-refractivity contribution < 1.29 is 9.22 Å². The lowest BCUT2D eigenvalue weighted by Gasteiger charge is -2.16. The number of benzene rings is 1. The van der Waals surface area contributed by atoms with E-state index in [9.17, 15) is 4.48 Å². The zero-order valence-corrected chi connectivity index (χ0v) is 10.2. The Bertz CT molecular complexity index is 380. The fraction of sp³-hybridized carbons (Fsp3) is 0.429. The number of ether oxygens (including phenoxy) is 1. The molecule has 1 aromatic carbocycles. The summed E-state index contributed by atoms with van der Waals surface area (Å²) in [7, 11) is 1.48. The molecular weight excluding hydrogens is 217 g/mol. The summed E-state index contributed by atoms with van der Waals surface area (Å²) in [4.78, 5) is 0. The Hall–Kier alpha value is -1.35. The summed E-state index contributed by atoms with van der Waals surface area (Å²) in [6.07, 6.45) is 7.08. The minimum Gasteiger partial charge on any atom is -0.362 e. The second-order valence-corrected chi connectivity index (χ2v) is 4.37. The molecule has 0 heterocycles. The number of halogens is 1. The largest absolute Gasteiger partial charge is 0.362 e. The third-order valence-corrected chi connectivity index (χ3v) is 3.08. The van der Waals surface area contributed by atoms with E-state index in [1.807, 2.05) is 12.1 Å². The standard InChI is InChI=1S/C14H18FNO/c1-17-11-16(15)14-9-7-13(8-10-14)6-5-12-3-2-4-12/h5,7-10H,2-4,6,11H2,1H3. The average Bonchev–Trinajstić information content (AvgIpc) is 2.28. The highest BCUT2D eigenvalue weighted by Gasteiger charge is 2.07. The van der Waals surface area contributed by atoms with Gasteiger partial charge in [-0.05, 0) is 43.4 Å². The molecule has 0 spiro atoms. The summed E-state index contributed by atoms with van der Waals surface area (Å²) < 4.78 is 18.1. The first-order valence-electron chi connectivity index (χ1n) is 5.98. The van der Waals surface area contributed by atoms with E-state index in [1.54, 1.807) is 17.7 Å². The molecule has 1 aliphatic rings. The number of allylic oxidation sites excluding steroid dienone is 2. The molecule has 0 unspecified atom stereocenters. The smallest absolute Gasteiger partial charge is 0.148 e. The summed E-state index contributed by atoms with van der Waals surface area (Å²) in [6.45, 7) is -0.0383. The predicted octanol–water partition coefficient (Wildman–Crippen LogP) is 3.63. The maximum Gasteiger partial charge on any atom is 0.148 e. The Morgan fingerprint density at radius 1 is 1.29 bits per heavy atom. The summed E-state index contributed by atoms with van der Waals surface area (Å²) in [5.74, 6) is 0. The van der Waals surface area contributed by atoms with Gasteiger partial charge in [0.2, 0.25) is 0 Å². The van der Waals surface area contributed by atoms with Crippen LogP contribution >= 0.6 is 0 Å². The Morgan fingerprint density at radius 3 is 2.53 bits per heavy atom. The van der Waals surface area contributed by atoms with Gasteiger partial charge in [-0.3, -0.25) is 0 Å². The highest BCUT2D eigenvalue weighted by atomic mass is 19.2. The monoisotopic (exact) mass is 235 g/mol. The molecule has 0 radical (unpaired) electrons. The highest BCUT2D eigenvalue weighted by molar-refractivity contribution is 5.45.